The molecule has 0 aliphatic carbocycles. The molecule has 0 bridgehead atoms. The third-order valence-electron chi connectivity index (χ3n) is 4.05. The van der Waals surface area contributed by atoms with Crippen molar-refractivity contribution >= 4 is 15.8 Å². The van der Waals surface area contributed by atoms with Crippen LogP contribution in [0.2, 0.25) is 0 Å². The van der Waals surface area contributed by atoms with Crippen LogP contribution in [-0.4, -0.2) is 37.0 Å². The van der Waals surface area contributed by atoms with Crippen molar-refractivity contribution in [3.63, 3.8) is 0 Å². The van der Waals surface area contributed by atoms with Gasteiger partial charge in [0.25, 0.3) is 10.0 Å². The van der Waals surface area contributed by atoms with Crippen LogP contribution in [0.3, 0.4) is 0 Å². The number of nitrogens with one attached hydrogen (secondary N) is 1. The molecule has 3 aromatic rings. The van der Waals surface area contributed by atoms with Gasteiger partial charge < -0.3 is 9.84 Å². The first kappa shape index (κ1) is 19.8. The van der Waals surface area contributed by atoms with E-state index in [2.05, 4.69) is 9.82 Å². The van der Waals surface area contributed by atoms with Gasteiger partial charge in [-0.25, -0.2) is 12.8 Å². The Kier molecular flexibility index (Phi) is 5.96. The summed E-state index contributed by atoms with van der Waals surface area (Å²) < 4.78 is 48.4. The van der Waals surface area contributed by atoms with E-state index in [1.807, 2.05) is 0 Å². The summed E-state index contributed by atoms with van der Waals surface area (Å²) in [7, 11) is -2.50. The molecule has 0 aliphatic heterocycles. The lowest BCUT2D eigenvalue weighted by molar-refractivity contribution is 0.277. The Hall–Kier alpha value is -2.91. The lowest BCUT2D eigenvalue weighted by Gasteiger charge is -2.08. The molecule has 0 aliphatic rings. The lowest BCUT2D eigenvalue weighted by atomic mass is 10.1. The molecule has 0 spiro atoms. The van der Waals surface area contributed by atoms with Crippen LogP contribution in [-0.2, 0) is 16.6 Å². The molecule has 28 heavy (non-hydrogen) atoms. The molecule has 0 radical (unpaired) electrons. The number of benzene rings is 2. The number of halogens is 1. The summed E-state index contributed by atoms with van der Waals surface area (Å²) in [4.78, 5) is 0.0896. The minimum absolute atomic E-state index is 0.0303. The zero-order valence-corrected chi connectivity index (χ0v) is 16.0. The molecule has 7 nitrogen and oxygen atoms in total. The van der Waals surface area contributed by atoms with Gasteiger partial charge in [0.05, 0.1) is 12.0 Å². The van der Waals surface area contributed by atoms with Gasteiger partial charge in [-0.05, 0) is 36.2 Å². The molecule has 1 aromatic heterocycles. The first-order chi connectivity index (χ1) is 13.4. The Labute approximate surface area is 162 Å². The number of ether oxygens (including phenoxy) is 1. The van der Waals surface area contributed by atoms with E-state index in [-0.39, 0.29) is 23.1 Å². The fourth-order valence-electron chi connectivity index (χ4n) is 2.68. The van der Waals surface area contributed by atoms with Crippen molar-refractivity contribution < 1.29 is 22.7 Å². The summed E-state index contributed by atoms with van der Waals surface area (Å²) in [5, 5.41) is 13.3. The molecule has 2 aromatic carbocycles. The second-order valence-corrected chi connectivity index (χ2v) is 7.68. The Morgan fingerprint density at radius 2 is 1.96 bits per heavy atom. The van der Waals surface area contributed by atoms with Gasteiger partial charge in [-0.15, -0.1) is 0 Å². The van der Waals surface area contributed by atoms with Crippen molar-refractivity contribution in [1.29, 1.82) is 0 Å². The summed E-state index contributed by atoms with van der Waals surface area (Å²) in [6.07, 6.45) is 2.06. The predicted molar refractivity (Wildman–Crippen MR) is 103 cm³/mol. The number of aromatic nitrogens is 2. The normalized spacial score (nSPS) is 11.4. The van der Waals surface area contributed by atoms with Crippen LogP contribution in [0, 0.1) is 5.82 Å². The molecule has 2 N–H and O–H groups in total. The SMILES string of the molecule is COc1ccc(-c2cn(CCCO)nc2NS(=O)(=O)c2ccccc2)cc1F. The molecule has 1 heterocycles. The predicted octanol–water partition coefficient (Wildman–Crippen LogP) is 2.88. The number of hydrogen-bond acceptors (Lipinski definition) is 5. The van der Waals surface area contributed by atoms with Crippen LogP contribution in [0.25, 0.3) is 11.1 Å². The van der Waals surface area contributed by atoms with E-state index in [0.717, 1.165) is 0 Å². The molecule has 0 unspecified atom stereocenters. The average molecular weight is 405 g/mol. The number of aliphatic hydroxyl groups is 1. The van der Waals surface area contributed by atoms with E-state index in [0.29, 0.717) is 24.1 Å². The van der Waals surface area contributed by atoms with Crippen LogP contribution in [0.5, 0.6) is 5.75 Å². The molecule has 3 rings (SSSR count). The number of anilines is 1. The lowest BCUT2D eigenvalue weighted by Crippen LogP contribution is -2.14. The molecule has 0 atom stereocenters. The maximum Gasteiger partial charge on any atom is 0.263 e. The average Bonchev–Trinajstić information content (AvgIpc) is 3.09. The van der Waals surface area contributed by atoms with Gasteiger partial charge in [0.1, 0.15) is 0 Å². The highest BCUT2D eigenvalue weighted by molar-refractivity contribution is 7.92. The Balaban J connectivity index is 2.02. The number of aliphatic hydroxyl groups excluding tert-OH is 1. The first-order valence-electron chi connectivity index (χ1n) is 8.54. The van der Waals surface area contributed by atoms with Gasteiger partial charge in [-0.1, -0.05) is 24.3 Å². The Bertz CT molecular complexity index is 1050. The van der Waals surface area contributed by atoms with Crippen LogP contribution < -0.4 is 9.46 Å². The van der Waals surface area contributed by atoms with Crippen LogP contribution in [0.1, 0.15) is 6.42 Å². The molecule has 9 heteroatoms. The minimum Gasteiger partial charge on any atom is -0.494 e. The van der Waals surface area contributed by atoms with Crippen molar-refractivity contribution in [2.24, 2.45) is 0 Å². The molecule has 0 amide bonds. The largest absolute Gasteiger partial charge is 0.494 e. The van der Waals surface area contributed by atoms with E-state index >= 15 is 0 Å². The Morgan fingerprint density at radius 3 is 2.61 bits per heavy atom. The van der Waals surface area contributed by atoms with Crippen molar-refractivity contribution in [1.82, 2.24) is 9.78 Å². The molecular formula is C19H20FN3O4S. The molecule has 0 saturated carbocycles. The fourth-order valence-corrected chi connectivity index (χ4v) is 3.71. The standard InChI is InChI=1S/C19H20FN3O4S/c1-27-18-9-8-14(12-17(18)20)16-13-23(10-5-11-24)21-19(16)22-28(25,26)15-6-3-2-4-7-15/h2-4,6-9,12-13,24H,5,10-11H2,1H3,(H,21,22). The highest BCUT2D eigenvalue weighted by Gasteiger charge is 2.20. The van der Waals surface area contributed by atoms with Crippen LogP contribution in [0.15, 0.2) is 59.6 Å². The van der Waals surface area contributed by atoms with Gasteiger partial charge in [0, 0.05) is 24.9 Å². The number of sulfonamides is 1. The topological polar surface area (TPSA) is 93.4 Å². The van der Waals surface area contributed by atoms with Crippen molar-refractivity contribution in [2.45, 2.75) is 17.9 Å². The molecular weight excluding hydrogens is 385 g/mol. The number of nitrogens with zero attached hydrogens (tertiary/aromatic N) is 2. The smallest absolute Gasteiger partial charge is 0.263 e. The minimum atomic E-state index is -3.87. The Morgan fingerprint density at radius 1 is 1.21 bits per heavy atom. The van der Waals surface area contributed by atoms with Crippen LogP contribution >= 0.6 is 0 Å². The van der Waals surface area contributed by atoms with Crippen molar-refractivity contribution in [2.75, 3.05) is 18.4 Å². The molecule has 0 saturated heterocycles. The highest BCUT2D eigenvalue weighted by atomic mass is 32.2. The first-order valence-corrected chi connectivity index (χ1v) is 10.0. The van der Waals surface area contributed by atoms with E-state index in [1.54, 1.807) is 30.5 Å². The summed E-state index contributed by atoms with van der Waals surface area (Å²) >= 11 is 0. The summed E-state index contributed by atoms with van der Waals surface area (Å²) in [6, 6.07) is 12.2. The van der Waals surface area contributed by atoms with Gasteiger partial charge in [-0.3, -0.25) is 9.40 Å². The van der Waals surface area contributed by atoms with E-state index in [9.17, 15) is 12.8 Å². The zero-order chi connectivity index (χ0) is 20.1. The van der Waals surface area contributed by atoms with Gasteiger partial charge in [0.2, 0.25) is 0 Å². The summed E-state index contributed by atoms with van der Waals surface area (Å²) in [6.45, 7) is 0.354. The third kappa shape index (κ3) is 4.32. The van der Waals surface area contributed by atoms with E-state index in [4.69, 9.17) is 9.84 Å². The van der Waals surface area contributed by atoms with Crippen LogP contribution in [0.4, 0.5) is 10.2 Å². The van der Waals surface area contributed by atoms with Gasteiger partial charge in [0.15, 0.2) is 17.4 Å². The van der Waals surface area contributed by atoms with E-state index < -0.39 is 15.8 Å². The highest BCUT2D eigenvalue weighted by Crippen LogP contribution is 2.31. The van der Waals surface area contributed by atoms with Gasteiger partial charge in [-0.2, -0.15) is 5.10 Å². The maximum atomic E-state index is 14.2. The summed E-state index contributed by atoms with van der Waals surface area (Å²) in [5.41, 5.74) is 0.860. The van der Waals surface area contributed by atoms with E-state index in [1.165, 1.54) is 36.1 Å². The second-order valence-electron chi connectivity index (χ2n) is 6.00. The monoisotopic (exact) mass is 405 g/mol. The van der Waals surface area contributed by atoms with Crippen molar-refractivity contribution in [3.8, 4) is 16.9 Å². The molecule has 148 valence electrons. The van der Waals surface area contributed by atoms with Crippen molar-refractivity contribution in [3.05, 3.63) is 60.5 Å². The zero-order valence-electron chi connectivity index (χ0n) is 15.2. The fraction of sp³-hybridized carbons (Fsp3) is 0.211. The summed E-state index contributed by atoms with van der Waals surface area (Å²) in [5.74, 6) is -0.408. The number of aryl methyl sites for hydroxylation is 1. The maximum absolute atomic E-state index is 14.2. The number of hydrogen-bond donors (Lipinski definition) is 2. The third-order valence-corrected chi connectivity index (χ3v) is 5.41. The van der Waals surface area contributed by atoms with Gasteiger partial charge >= 0.3 is 0 Å². The number of methoxy groups -OCH3 is 1. The molecule has 0 fully saturated rings. The quantitative estimate of drug-likeness (QED) is 0.601. The second kappa shape index (κ2) is 8.41. The number of rotatable bonds is 8.